The standard InChI is InChI=1S/C15H13N3O4S/c1-9-5-12-14(23-9)16-8-17(15(12)20)7-13(19)10-3-2-4-11(6-10)18(21)22/h2-6,8,13,19H,7H2,1H3. The van der Waals surface area contributed by atoms with Gasteiger partial charge in [-0.1, -0.05) is 12.1 Å². The van der Waals surface area contributed by atoms with Gasteiger partial charge in [0.2, 0.25) is 0 Å². The molecule has 7 nitrogen and oxygen atoms in total. The van der Waals surface area contributed by atoms with Gasteiger partial charge in [0, 0.05) is 17.0 Å². The molecule has 0 fully saturated rings. The first kappa shape index (κ1) is 15.3. The zero-order valence-corrected chi connectivity index (χ0v) is 13.0. The number of rotatable bonds is 4. The summed E-state index contributed by atoms with van der Waals surface area (Å²) in [6.45, 7) is 1.88. The Kier molecular flexibility index (Phi) is 3.93. The maximum Gasteiger partial charge on any atom is 0.269 e. The summed E-state index contributed by atoms with van der Waals surface area (Å²) in [5.41, 5.74) is 0.0486. The Bertz CT molecular complexity index is 947. The number of aliphatic hydroxyl groups is 1. The molecule has 2 aromatic heterocycles. The average Bonchev–Trinajstić information content (AvgIpc) is 2.91. The summed E-state index contributed by atoms with van der Waals surface area (Å²) in [5, 5.41) is 21.6. The van der Waals surface area contributed by atoms with Crippen LogP contribution in [0.5, 0.6) is 0 Å². The van der Waals surface area contributed by atoms with E-state index in [-0.39, 0.29) is 17.8 Å². The van der Waals surface area contributed by atoms with E-state index in [0.717, 1.165) is 4.88 Å². The molecule has 1 N–H and O–H groups in total. The molecule has 0 bridgehead atoms. The summed E-state index contributed by atoms with van der Waals surface area (Å²) in [4.78, 5) is 28.5. The third kappa shape index (κ3) is 2.99. The average molecular weight is 331 g/mol. The van der Waals surface area contributed by atoms with Crippen molar-refractivity contribution in [2.24, 2.45) is 0 Å². The fraction of sp³-hybridized carbons (Fsp3) is 0.200. The molecule has 0 saturated heterocycles. The number of aliphatic hydroxyl groups excluding tert-OH is 1. The molecule has 1 aromatic carbocycles. The van der Waals surface area contributed by atoms with Crippen molar-refractivity contribution in [1.82, 2.24) is 9.55 Å². The van der Waals surface area contributed by atoms with Gasteiger partial charge >= 0.3 is 0 Å². The van der Waals surface area contributed by atoms with Crippen molar-refractivity contribution in [3.05, 3.63) is 67.6 Å². The first-order valence-corrected chi connectivity index (χ1v) is 7.65. The molecule has 23 heavy (non-hydrogen) atoms. The summed E-state index contributed by atoms with van der Waals surface area (Å²) in [6, 6.07) is 7.51. The summed E-state index contributed by atoms with van der Waals surface area (Å²) >= 11 is 1.43. The molecule has 118 valence electrons. The van der Waals surface area contributed by atoms with Gasteiger partial charge in [0.05, 0.1) is 29.3 Å². The number of fused-ring (bicyclic) bond motifs is 1. The number of benzene rings is 1. The highest BCUT2D eigenvalue weighted by molar-refractivity contribution is 7.18. The maximum atomic E-state index is 12.4. The molecule has 3 aromatic rings. The third-order valence-corrected chi connectivity index (χ3v) is 4.44. The van der Waals surface area contributed by atoms with Crippen LogP contribution in [0.25, 0.3) is 10.2 Å². The van der Waals surface area contributed by atoms with Crippen LogP contribution in [0.1, 0.15) is 16.5 Å². The number of non-ortho nitro benzene ring substituents is 1. The molecule has 1 atom stereocenters. The van der Waals surface area contributed by atoms with Crippen molar-refractivity contribution in [3.8, 4) is 0 Å². The van der Waals surface area contributed by atoms with E-state index in [4.69, 9.17) is 0 Å². The summed E-state index contributed by atoms with van der Waals surface area (Å²) in [7, 11) is 0. The Morgan fingerprint density at radius 3 is 2.96 bits per heavy atom. The zero-order chi connectivity index (χ0) is 16.6. The van der Waals surface area contributed by atoms with Crippen LogP contribution in [0.15, 0.2) is 41.5 Å². The van der Waals surface area contributed by atoms with Crippen LogP contribution in [0, 0.1) is 17.0 Å². The van der Waals surface area contributed by atoms with Gasteiger partial charge in [-0.15, -0.1) is 11.3 Å². The molecule has 0 saturated carbocycles. The minimum Gasteiger partial charge on any atom is -0.387 e. The van der Waals surface area contributed by atoms with E-state index in [0.29, 0.717) is 15.8 Å². The van der Waals surface area contributed by atoms with Crippen LogP contribution in [-0.2, 0) is 6.54 Å². The lowest BCUT2D eigenvalue weighted by atomic mass is 10.1. The Labute approximate surface area is 134 Å². The van der Waals surface area contributed by atoms with Crippen molar-refractivity contribution < 1.29 is 10.0 Å². The highest BCUT2D eigenvalue weighted by Gasteiger charge is 2.15. The molecule has 0 aliphatic rings. The SMILES string of the molecule is Cc1cc2c(=O)n(CC(O)c3cccc([N+](=O)[O-])c3)cnc2s1. The van der Waals surface area contributed by atoms with E-state index in [9.17, 15) is 20.0 Å². The van der Waals surface area contributed by atoms with Crippen LogP contribution >= 0.6 is 11.3 Å². The first-order chi connectivity index (χ1) is 11.0. The highest BCUT2D eigenvalue weighted by Crippen LogP contribution is 2.22. The molecule has 0 radical (unpaired) electrons. The fourth-order valence-electron chi connectivity index (χ4n) is 2.35. The molecule has 2 heterocycles. The predicted molar refractivity (Wildman–Crippen MR) is 86.7 cm³/mol. The van der Waals surface area contributed by atoms with E-state index in [1.54, 1.807) is 12.1 Å². The van der Waals surface area contributed by atoms with Crippen molar-refractivity contribution in [2.45, 2.75) is 19.6 Å². The van der Waals surface area contributed by atoms with Crippen LogP contribution in [0.2, 0.25) is 0 Å². The number of aryl methyl sites for hydroxylation is 1. The fourth-order valence-corrected chi connectivity index (χ4v) is 3.19. The Hall–Kier alpha value is -2.58. The second-order valence-corrected chi connectivity index (χ2v) is 6.38. The number of hydrogen-bond acceptors (Lipinski definition) is 6. The van der Waals surface area contributed by atoms with Crippen molar-refractivity contribution in [1.29, 1.82) is 0 Å². The number of nitro groups is 1. The summed E-state index contributed by atoms with van der Waals surface area (Å²) in [5.74, 6) is 0. The Morgan fingerprint density at radius 2 is 2.22 bits per heavy atom. The van der Waals surface area contributed by atoms with Gasteiger partial charge in [-0.2, -0.15) is 0 Å². The topological polar surface area (TPSA) is 98.3 Å². The molecule has 3 rings (SSSR count). The molecule has 0 amide bonds. The van der Waals surface area contributed by atoms with Crippen LogP contribution in [-0.4, -0.2) is 19.6 Å². The Morgan fingerprint density at radius 1 is 1.43 bits per heavy atom. The first-order valence-electron chi connectivity index (χ1n) is 6.83. The van der Waals surface area contributed by atoms with Gasteiger partial charge in [0.1, 0.15) is 4.83 Å². The molecular formula is C15H13N3O4S. The molecule has 1 unspecified atom stereocenters. The molecule has 8 heteroatoms. The molecule has 0 aliphatic heterocycles. The third-order valence-electron chi connectivity index (χ3n) is 3.48. The van der Waals surface area contributed by atoms with E-state index >= 15 is 0 Å². The van der Waals surface area contributed by atoms with Gasteiger partial charge in [-0.25, -0.2) is 4.98 Å². The van der Waals surface area contributed by atoms with Gasteiger partial charge in [0.25, 0.3) is 11.2 Å². The smallest absolute Gasteiger partial charge is 0.269 e. The summed E-state index contributed by atoms with van der Waals surface area (Å²) < 4.78 is 1.32. The number of aromatic nitrogens is 2. The predicted octanol–water partition coefficient (Wildman–Crippen LogP) is 2.41. The lowest BCUT2D eigenvalue weighted by molar-refractivity contribution is -0.385. The number of hydrogen-bond donors (Lipinski definition) is 1. The summed E-state index contributed by atoms with van der Waals surface area (Å²) in [6.07, 6.45) is 0.354. The molecule has 0 spiro atoms. The largest absolute Gasteiger partial charge is 0.387 e. The molecular weight excluding hydrogens is 318 g/mol. The number of nitrogens with zero attached hydrogens (tertiary/aromatic N) is 3. The second kappa shape index (κ2) is 5.90. The maximum absolute atomic E-state index is 12.4. The normalized spacial score (nSPS) is 12.4. The number of thiophene rings is 1. The quantitative estimate of drug-likeness (QED) is 0.585. The van der Waals surface area contributed by atoms with Crippen molar-refractivity contribution in [3.63, 3.8) is 0 Å². The Balaban J connectivity index is 1.92. The van der Waals surface area contributed by atoms with Crippen molar-refractivity contribution >= 4 is 27.2 Å². The van der Waals surface area contributed by atoms with Gasteiger partial charge in [-0.05, 0) is 18.6 Å². The van der Waals surface area contributed by atoms with Gasteiger partial charge in [-0.3, -0.25) is 19.5 Å². The number of nitro benzene ring substituents is 1. The molecule has 0 aliphatic carbocycles. The van der Waals surface area contributed by atoms with E-state index in [1.165, 1.54) is 40.4 Å². The van der Waals surface area contributed by atoms with Crippen LogP contribution in [0.3, 0.4) is 0 Å². The van der Waals surface area contributed by atoms with Gasteiger partial charge in [0.15, 0.2) is 0 Å². The van der Waals surface area contributed by atoms with E-state index < -0.39 is 11.0 Å². The van der Waals surface area contributed by atoms with E-state index in [2.05, 4.69) is 4.98 Å². The minimum absolute atomic E-state index is 0.0160. The lowest BCUT2D eigenvalue weighted by Gasteiger charge is -2.12. The second-order valence-electron chi connectivity index (χ2n) is 5.15. The van der Waals surface area contributed by atoms with E-state index in [1.807, 2.05) is 6.92 Å². The van der Waals surface area contributed by atoms with Crippen LogP contribution in [0.4, 0.5) is 5.69 Å². The minimum atomic E-state index is -1.04. The monoisotopic (exact) mass is 331 g/mol. The van der Waals surface area contributed by atoms with Gasteiger partial charge < -0.3 is 5.11 Å². The zero-order valence-electron chi connectivity index (χ0n) is 12.2. The van der Waals surface area contributed by atoms with Crippen LogP contribution < -0.4 is 5.56 Å². The van der Waals surface area contributed by atoms with Crippen molar-refractivity contribution in [2.75, 3.05) is 0 Å². The highest BCUT2D eigenvalue weighted by atomic mass is 32.1. The lowest BCUT2D eigenvalue weighted by Crippen LogP contribution is -2.23.